The van der Waals surface area contributed by atoms with Crippen molar-refractivity contribution >= 4 is 8.60 Å². The molecule has 54 heavy (non-hydrogen) atoms. The lowest BCUT2D eigenvalue weighted by Gasteiger charge is -2.41. The van der Waals surface area contributed by atoms with Crippen molar-refractivity contribution in [2.24, 2.45) is 0 Å². The highest BCUT2D eigenvalue weighted by Crippen LogP contribution is 2.66. The first kappa shape index (κ1) is 36.5. The topological polar surface area (TPSA) is 49.4 Å². The van der Waals surface area contributed by atoms with Crippen LogP contribution in [0, 0.1) is 0 Å². The molecule has 2 aliphatic heterocycles. The summed E-state index contributed by atoms with van der Waals surface area (Å²) in [5.41, 5.74) is 3.31. The van der Waals surface area contributed by atoms with E-state index in [2.05, 4.69) is 116 Å². The zero-order valence-corrected chi connectivity index (χ0v) is 32.0. The normalized spacial score (nSPS) is 21.5. The van der Waals surface area contributed by atoms with Crippen molar-refractivity contribution < 1.29 is 23.0 Å². The van der Waals surface area contributed by atoms with Gasteiger partial charge in [-0.05, 0) is 61.3 Å². The van der Waals surface area contributed by atoms with Crippen LogP contribution >= 0.6 is 8.60 Å². The van der Waals surface area contributed by atoms with Crippen LogP contribution in [0.5, 0.6) is 0 Å². The van der Waals surface area contributed by atoms with Gasteiger partial charge in [-0.25, -0.2) is 0 Å². The Balaban J connectivity index is 1.42. The summed E-state index contributed by atoms with van der Waals surface area (Å²) in [5, 5.41) is 0. The monoisotopic (exact) mass is 735 g/mol. The fourth-order valence-corrected chi connectivity index (χ4v) is 9.78. The highest BCUT2D eigenvalue weighted by atomic mass is 31.2. The molecule has 2 saturated heterocycles. The zero-order chi connectivity index (χ0) is 37.2. The van der Waals surface area contributed by atoms with Crippen molar-refractivity contribution in [2.75, 3.05) is 14.1 Å². The van der Waals surface area contributed by atoms with Crippen molar-refractivity contribution in [3.05, 3.63) is 215 Å². The molecule has 0 radical (unpaired) electrons. The summed E-state index contributed by atoms with van der Waals surface area (Å²) in [4.78, 5) is 2.20. The second kappa shape index (κ2) is 15.3. The average molecular weight is 736 g/mol. The van der Waals surface area contributed by atoms with E-state index in [4.69, 9.17) is 23.0 Å². The molecule has 0 spiro atoms. The summed E-state index contributed by atoms with van der Waals surface area (Å²) in [5.74, 6) is -0.984. The van der Waals surface area contributed by atoms with Gasteiger partial charge in [0.25, 0.3) is 0 Å². The Morgan fingerprint density at radius 3 is 1.13 bits per heavy atom. The Labute approximate surface area is 320 Å². The quantitative estimate of drug-likeness (QED) is 0.131. The highest BCUT2D eigenvalue weighted by Gasteiger charge is 2.67. The molecule has 4 atom stereocenters. The van der Waals surface area contributed by atoms with Gasteiger partial charge in [0.15, 0.2) is 17.0 Å². The predicted molar refractivity (Wildman–Crippen MR) is 213 cm³/mol. The van der Waals surface area contributed by atoms with Gasteiger partial charge in [0.05, 0.1) is 6.04 Å². The predicted octanol–water partition coefficient (Wildman–Crippen LogP) is 10.7. The summed E-state index contributed by atoms with van der Waals surface area (Å²) in [6.07, 6.45) is -1.88. The summed E-state index contributed by atoms with van der Waals surface area (Å²) in [7, 11) is 1.95. The molecule has 6 aromatic carbocycles. The Hall–Kier alpha value is -4.49. The maximum atomic E-state index is 7.69. The minimum Gasteiger partial charge on any atom is -0.341 e. The molecule has 0 bridgehead atoms. The van der Waals surface area contributed by atoms with Gasteiger partial charge in [0, 0.05) is 0 Å². The molecule has 6 aromatic rings. The third kappa shape index (κ3) is 6.74. The van der Waals surface area contributed by atoms with Gasteiger partial charge < -0.3 is 14.0 Å². The molecule has 2 heterocycles. The SMILES string of the molecule is CN(C)[C@@H](c1ccccc1)[C@H](OP1OC(c2ccccc2)(c2ccccc2)[C@@H]2OC(C)(C)O[C@H]2C(c2ccccc2)(c2ccccc2)O1)c1ccccc1. The molecule has 7 heteroatoms. The zero-order valence-electron chi connectivity index (χ0n) is 31.1. The van der Waals surface area contributed by atoms with Gasteiger partial charge in [0.2, 0.25) is 0 Å². The standard InChI is InChI=1S/C47H46NO5P/c1-45(2)49-43-44(50-45)47(39-31-19-9-20-32-39,40-33-21-10-22-34-40)53-54(52-46(43,37-27-15-7-16-28-37)38-29-17-8-18-30-38)51-42(36-25-13-6-14-26-36)41(48(3)4)35-23-11-5-12-24-35/h5-34,41-44H,1-4H3/t41-,42+,43+,44+/m0/s1. The number of hydrogen-bond donors (Lipinski definition) is 0. The van der Waals surface area contributed by atoms with Crippen LogP contribution in [0.3, 0.4) is 0 Å². The Morgan fingerprint density at radius 2 is 0.796 bits per heavy atom. The summed E-state index contributed by atoms with van der Waals surface area (Å²) in [6.45, 7) is 3.94. The van der Waals surface area contributed by atoms with Crippen LogP contribution in [-0.2, 0) is 34.2 Å². The molecule has 6 nitrogen and oxygen atoms in total. The first-order valence-electron chi connectivity index (χ1n) is 18.5. The lowest BCUT2D eigenvalue weighted by Crippen LogP contribution is -2.53. The number of likely N-dealkylation sites (N-methyl/N-ethyl adjacent to an activating group) is 1. The van der Waals surface area contributed by atoms with Gasteiger partial charge in [-0.2, -0.15) is 0 Å². The van der Waals surface area contributed by atoms with E-state index in [0.29, 0.717) is 0 Å². The van der Waals surface area contributed by atoms with Crippen molar-refractivity contribution in [2.45, 2.75) is 55.2 Å². The van der Waals surface area contributed by atoms with Crippen LogP contribution < -0.4 is 0 Å². The van der Waals surface area contributed by atoms with E-state index in [9.17, 15) is 0 Å². The van der Waals surface area contributed by atoms with Gasteiger partial charge in [-0.1, -0.05) is 182 Å². The molecular formula is C47H46NO5P. The number of nitrogens with zero attached hydrogens (tertiary/aromatic N) is 1. The number of fused-ring (bicyclic) bond motifs is 1. The molecule has 0 amide bonds. The van der Waals surface area contributed by atoms with E-state index >= 15 is 0 Å². The maximum absolute atomic E-state index is 7.69. The van der Waals surface area contributed by atoms with Crippen LogP contribution in [0.15, 0.2) is 182 Å². The lowest BCUT2D eigenvalue weighted by molar-refractivity contribution is -0.177. The molecule has 0 saturated carbocycles. The number of benzene rings is 6. The van der Waals surface area contributed by atoms with Gasteiger partial charge >= 0.3 is 8.60 Å². The van der Waals surface area contributed by atoms with E-state index < -0.39 is 43.9 Å². The molecular weight excluding hydrogens is 689 g/mol. The highest BCUT2D eigenvalue weighted by molar-refractivity contribution is 7.41. The van der Waals surface area contributed by atoms with Crippen molar-refractivity contribution in [1.82, 2.24) is 4.90 Å². The summed E-state index contributed by atoms with van der Waals surface area (Å²) in [6, 6.07) is 61.9. The van der Waals surface area contributed by atoms with E-state index in [0.717, 1.165) is 33.4 Å². The third-order valence-corrected chi connectivity index (χ3v) is 11.7. The van der Waals surface area contributed by atoms with Gasteiger partial charge in [-0.15, -0.1) is 0 Å². The van der Waals surface area contributed by atoms with Gasteiger partial charge in [0.1, 0.15) is 18.3 Å². The van der Waals surface area contributed by atoms with Crippen LogP contribution in [0.4, 0.5) is 0 Å². The smallest absolute Gasteiger partial charge is 0.336 e. The number of rotatable bonds is 10. The van der Waals surface area contributed by atoms with Gasteiger partial charge in [-0.3, -0.25) is 13.9 Å². The molecule has 0 unspecified atom stereocenters. The molecule has 0 aliphatic carbocycles. The largest absolute Gasteiger partial charge is 0.341 e. The molecule has 8 rings (SSSR count). The second-order valence-electron chi connectivity index (χ2n) is 14.6. The molecule has 0 aromatic heterocycles. The maximum Gasteiger partial charge on any atom is 0.336 e. The van der Waals surface area contributed by atoms with Crippen LogP contribution in [-0.4, -0.2) is 37.0 Å². The Kier molecular flexibility index (Phi) is 10.4. The minimum atomic E-state index is -2.22. The summed E-state index contributed by atoms with van der Waals surface area (Å²) >= 11 is 0. The molecule has 274 valence electrons. The third-order valence-electron chi connectivity index (χ3n) is 10.5. The first-order chi connectivity index (χ1) is 26.3. The Morgan fingerprint density at radius 1 is 0.481 bits per heavy atom. The van der Waals surface area contributed by atoms with Crippen LogP contribution in [0.1, 0.15) is 59.4 Å². The minimum absolute atomic E-state index is 0.191. The lowest BCUT2D eigenvalue weighted by atomic mass is 9.72. The number of hydrogen-bond acceptors (Lipinski definition) is 6. The fourth-order valence-electron chi connectivity index (χ4n) is 8.13. The molecule has 0 N–H and O–H groups in total. The number of ether oxygens (including phenoxy) is 2. The van der Waals surface area contributed by atoms with E-state index in [-0.39, 0.29) is 6.04 Å². The van der Waals surface area contributed by atoms with E-state index in [1.807, 2.05) is 98.8 Å². The summed E-state index contributed by atoms with van der Waals surface area (Å²) < 4.78 is 37.2. The van der Waals surface area contributed by atoms with E-state index in [1.165, 1.54) is 0 Å². The average Bonchev–Trinajstić information content (AvgIpc) is 3.50. The van der Waals surface area contributed by atoms with Crippen molar-refractivity contribution in [3.8, 4) is 0 Å². The molecule has 2 fully saturated rings. The van der Waals surface area contributed by atoms with Crippen LogP contribution in [0.2, 0.25) is 0 Å². The van der Waals surface area contributed by atoms with Crippen molar-refractivity contribution in [1.29, 1.82) is 0 Å². The fraction of sp³-hybridized carbons (Fsp3) is 0.234. The second-order valence-corrected chi connectivity index (χ2v) is 15.6. The Bertz CT molecular complexity index is 1900. The van der Waals surface area contributed by atoms with Crippen LogP contribution in [0.25, 0.3) is 0 Å². The molecule has 2 aliphatic rings. The van der Waals surface area contributed by atoms with E-state index in [1.54, 1.807) is 0 Å². The first-order valence-corrected chi connectivity index (χ1v) is 19.6. The van der Waals surface area contributed by atoms with Crippen molar-refractivity contribution in [3.63, 3.8) is 0 Å².